The molecule has 25 heavy (non-hydrogen) atoms. The number of benzene rings is 2. The highest BCUT2D eigenvalue weighted by molar-refractivity contribution is 6.31. The van der Waals surface area contributed by atoms with E-state index < -0.39 is 0 Å². The molecule has 1 aliphatic heterocycles. The highest BCUT2D eigenvalue weighted by Crippen LogP contribution is 2.37. The van der Waals surface area contributed by atoms with Gasteiger partial charge in [0.2, 0.25) is 0 Å². The lowest BCUT2D eigenvalue weighted by Gasteiger charge is -2.38. The molecule has 1 aliphatic rings. The van der Waals surface area contributed by atoms with Crippen molar-refractivity contribution < 1.29 is 14.3 Å². The van der Waals surface area contributed by atoms with Crippen LogP contribution in [0.3, 0.4) is 0 Å². The molecule has 0 saturated heterocycles. The number of rotatable bonds is 5. The van der Waals surface area contributed by atoms with Crippen LogP contribution in [0.2, 0.25) is 5.02 Å². The molecule has 2 aromatic carbocycles. The van der Waals surface area contributed by atoms with Crippen LogP contribution in [0.4, 0.5) is 5.69 Å². The number of hydrogen-bond donors (Lipinski definition) is 1. The molecule has 1 atom stereocenters. The summed E-state index contributed by atoms with van der Waals surface area (Å²) in [5, 5.41) is 4.02. The highest BCUT2D eigenvalue weighted by Gasteiger charge is 2.33. The van der Waals surface area contributed by atoms with E-state index in [0.717, 1.165) is 17.7 Å². The average molecular weight is 361 g/mol. The molecular formula is C19H21ClN2O3. The molecule has 0 aromatic heterocycles. The number of ether oxygens (including phenoxy) is 2. The third-order valence-electron chi connectivity index (χ3n) is 4.23. The molecule has 0 bridgehead atoms. The fraction of sp³-hybridized carbons (Fsp3) is 0.316. The SMILES string of the molecule is CCCN1C(=O)c2ccc(Cl)cc2NC1c1cc(OC)cc(OC)c1. The van der Waals surface area contributed by atoms with Crippen LogP contribution in [-0.4, -0.2) is 31.6 Å². The van der Waals surface area contributed by atoms with E-state index in [2.05, 4.69) is 5.32 Å². The number of fused-ring (bicyclic) bond motifs is 1. The van der Waals surface area contributed by atoms with Gasteiger partial charge in [-0.05, 0) is 36.8 Å². The molecule has 0 spiro atoms. The Balaban J connectivity index is 2.08. The van der Waals surface area contributed by atoms with Crippen LogP contribution in [0.25, 0.3) is 0 Å². The van der Waals surface area contributed by atoms with Crippen LogP contribution < -0.4 is 14.8 Å². The van der Waals surface area contributed by atoms with E-state index in [1.165, 1.54) is 0 Å². The Labute approximate surface area is 152 Å². The van der Waals surface area contributed by atoms with Crippen molar-refractivity contribution in [1.82, 2.24) is 4.90 Å². The van der Waals surface area contributed by atoms with E-state index in [1.807, 2.05) is 30.0 Å². The van der Waals surface area contributed by atoms with Crippen molar-refractivity contribution in [2.75, 3.05) is 26.1 Å². The molecule has 1 N–H and O–H groups in total. The van der Waals surface area contributed by atoms with Crippen molar-refractivity contribution in [3.63, 3.8) is 0 Å². The zero-order valence-corrected chi connectivity index (χ0v) is 15.3. The topological polar surface area (TPSA) is 50.8 Å². The molecule has 5 nitrogen and oxygen atoms in total. The van der Waals surface area contributed by atoms with E-state index in [4.69, 9.17) is 21.1 Å². The molecule has 132 valence electrons. The zero-order chi connectivity index (χ0) is 18.0. The van der Waals surface area contributed by atoms with Gasteiger partial charge in [-0.25, -0.2) is 0 Å². The zero-order valence-electron chi connectivity index (χ0n) is 14.5. The second kappa shape index (κ2) is 7.23. The van der Waals surface area contributed by atoms with E-state index in [1.54, 1.807) is 32.4 Å². The summed E-state index contributed by atoms with van der Waals surface area (Å²) in [6.07, 6.45) is 0.538. The molecule has 0 fully saturated rings. The van der Waals surface area contributed by atoms with Crippen LogP contribution >= 0.6 is 11.6 Å². The Bertz CT molecular complexity index is 772. The van der Waals surface area contributed by atoms with Crippen LogP contribution in [0.1, 0.15) is 35.4 Å². The second-order valence-corrected chi connectivity index (χ2v) is 6.32. The van der Waals surface area contributed by atoms with Crippen LogP contribution in [0.5, 0.6) is 11.5 Å². The third-order valence-corrected chi connectivity index (χ3v) is 4.47. The lowest BCUT2D eigenvalue weighted by Crippen LogP contribution is -2.43. The first-order valence-corrected chi connectivity index (χ1v) is 8.55. The molecule has 1 heterocycles. The van der Waals surface area contributed by atoms with Gasteiger partial charge < -0.3 is 19.7 Å². The molecule has 0 saturated carbocycles. The van der Waals surface area contributed by atoms with Gasteiger partial charge in [0.25, 0.3) is 5.91 Å². The normalized spacial score (nSPS) is 16.2. The Hall–Kier alpha value is -2.40. The molecule has 0 aliphatic carbocycles. The molecule has 1 amide bonds. The number of nitrogens with zero attached hydrogens (tertiary/aromatic N) is 1. The van der Waals surface area contributed by atoms with E-state index in [-0.39, 0.29) is 12.1 Å². The summed E-state index contributed by atoms with van der Waals surface area (Å²) in [5.41, 5.74) is 2.25. The van der Waals surface area contributed by atoms with Crippen molar-refractivity contribution in [2.45, 2.75) is 19.5 Å². The summed E-state index contributed by atoms with van der Waals surface area (Å²) >= 11 is 6.11. The van der Waals surface area contributed by atoms with Gasteiger partial charge in [-0.15, -0.1) is 0 Å². The van der Waals surface area contributed by atoms with Crippen LogP contribution in [0.15, 0.2) is 36.4 Å². The largest absolute Gasteiger partial charge is 0.497 e. The third kappa shape index (κ3) is 3.37. The molecule has 3 rings (SSSR count). The lowest BCUT2D eigenvalue weighted by molar-refractivity contribution is 0.0683. The van der Waals surface area contributed by atoms with Crippen molar-refractivity contribution in [1.29, 1.82) is 0 Å². The van der Waals surface area contributed by atoms with Crippen molar-refractivity contribution >= 4 is 23.2 Å². The summed E-state index contributed by atoms with van der Waals surface area (Å²) in [7, 11) is 3.22. The molecule has 0 radical (unpaired) electrons. The molecule has 2 aromatic rings. The Morgan fingerprint density at radius 3 is 2.40 bits per heavy atom. The minimum Gasteiger partial charge on any atom is -0.497 e. The van der Waals surface area contributed by atoms with Gasteiger partial charge in [-0.1, -0.05) is 18.5 Å². The average Bonchev–Trinajstić information content (AvgIpc) is 2.63. The molecule has 6 heteroatoms. The minimum atomic E-state index is -0.317. The first-order valence-electron chi connectivity index (χ1n) is 8.17. The standard InChI is InChI=1S/C19H21ClN2O3/c1-4-7-22-18(12-8-14(24-2)11-15(9-12)25-3)21-17-10-13(20)5-6-16(17)19(22)23/h5-6,8-11,18,21H,4,7H2,1-3H3. The number of nitrogens with one attached hydrogen (secondary N) is 1. The van der Waals surface area contributed by atoms with E-state index >= 15 is 0 Å². The fourth-order valence-corrected chi connectivity index (χ4v) is 3.21. The smallest absolute Gasteiger partial charge is 0.257 e. The van der Waals surface area contributed by atoms with Gasteiger partial charge in [0, 0.05) is 23.2 Å². The van der Waals surface area contributed by atoms with Gasteiger partial charge >= 0.3 is 0 Å². The van der Waals surface area contributed by atoms with Crippen LogP contribution in [0, 0.1) is 0 Å². The highest BCUT2D eigenvalue weighted by atomic mass is 35.5. The van der Waals surface area contributed by atoms with Gasteiger partial charge in [0.15, 0.2) is 0 Å². The quantitative estimate of drug-likeness (QED) is 0.862. The van der Waals surface area contributed by atoms with Crippen molar-refractivity contribution in [3.8, 4) is 11.5 Å². The predicted octanol–water partition coefficient (Wildman–Crippen LogP) is 4.33. The second-order valence-electron chi connectivity index (χ2n) is 5.88. The Kier molecular flexibility index (Phi) is 5.04. The van der Waals surface area contributed by atoms with Crippen LogP contribution in [-0.2, 0) is 0 Å². The van der Waals surface area contributed by atoms with Gasteiger partial charge in [0.05, 0.1) is 25.5 Å². The van der Waals surface area contributed by atoms with Gasteiger partial charge in [0.1, 0.15) is 17.7 Å². The predicted molar refractivity (Wildman–Crippen MR) is 98.7 cm³/mol. The molecule has 1 unspecified atom stereocenters. The Morgan fingerprint density at radius 1 is 1.12 bits per heavy atom. The molecular weight excluding hydrogens is 340 g/mol. The lowest BCUT2D eigenvalue weighted by atomic mass is 10.0. The summed E-state index contributed by atoms with van der Waals surface area (Å²) in [5.74, 6) is 1.34. The van der Waals surface area contributed by atoms with Gasteiger partial charge in [-0.3, -0.25) is 4.79 Å². The summed E-state index contributed by atoms with van der Waals surface area (Å²) in [4.78, 5) is 14.8. The summed E-state index contributed by atoms with van der Waals surface area (Å²) < 4.78 is 10.7. The maximum atomic E-state index is 13.0. The monoisotopic (exact) mass is 360 g/mol. The maximum absolute atomic E-state index is 13.0. The number of halogens is 1. The number of hydrogen-bond acceptors (Lipinski definition) is 4. The number of anilines is 1. The van der Waals surface area contributed by atoms with Crippen molar-refractivity contribution in [2.24, 2.45) is 0 Å². The summed E-state index contributed by atoms with van der Waals surface area (Å²) in [6, 6.07) is 10.9. The van der Waals surface area contributed by atoms with Crippen molar-refractivity contribution in [3.05, 3.63) is 52.5 Å². The number of methoxy groups -OCH3 is 2. The van der Waals surface area contributed by atoms with E-state index in [9.17, 15) is 4.79 Å². The number of amides is 1. The minimum absolute atomic E-state index is 0.0148. The van der Waals surface area contributed by atoms with E-state index in [0.29, 0.717) is 28.6 Å². The Morgan fingerprint density at radius 2 is 1.80 bits per heavy atom. The fourth-order valence-electron chi connectivity index (χ4n) is 3.04. The first kappa shape index (κ1) is 17.4. The summed E-state index contributed by atoms with van der Waals surface area (Å²) in [6.45, 7) is 2.69. The number of carbonyl (C=O) groups excluding carboxylic acids is 1. The first-order chi connectivity index (χ1) is 12.1. The van der Waals surface area contributed by atoms with Gasteiger partial charge in [-0.2, -0.15) is 0 Å². The number of carbonyl (C=O) groups is 1. The maximum Gasteiger partial charge on any atom is 0.257 e.